The molecule has 0 aliphatic rings. The first-order chi connectivity index (χ1) is 16.0. The van der Waals surface area contributed by atoms with Gasteiger partial charge in [-0.2, -0.15) is 0 Å². The van der Waals surface area contributed by atoms with Crippen molar-refractivity contribution in [3.8, 4) is 11.5 Å². The molecule has 0 unspecified atom stereocenters. The van der Waals surface area contributed by atoms with Gasteiger partial charge in [0.05, 0.1) is 6.61 Å². The number of methoxy groups -OCH3 is 1. The minimum atomic E-state index is -0.808. The van der Waals surface area contributed by atoms with Crippen molar-refractivity contribution in [2.24, 2.45) is 0 Å². The van der Waals surface area contributed by atoms with E-state index in [1.807, 2.05) is 6.07 Å². The summed E-state index contributed by atoms with van der Waals surface area (Å²) in [5.41, 5.74) is 2.21. The molecule has 0 atom stereocenters. The number of hydrogen-bond donors (Lipinski definition) is 0. The van der Waals surface area contributed by atoms with E-state index < -0.39 is 7.92 Å². The van der Waals surface area contributed by atoms with Gasteiger partial charge in [-0.1, -0.05) is 118 Å². The Morgan fingerprint density at radius 3 is 1.82 bits per heavy atom. The Morgan fingerprint density at radius 2 is 1.24 bits per heavy atom. The summed E-state index contributed by atoms with van der Waals surface area (Å²) in [6.07, 6.45) is 0. The summed E-state index contributed by atoms with van der Waals surface area (Å²) in [6, 6.07) is 36.2. The number of rotatable bonds is 7. The zero-order valence-electron chi connectivity index (χ0n) is 19.8. The molecule has 0 aliphatic heterocycles. The third-order valence-electron chi connectivity index (χ3n) is 5.55. The Labute approximate surface area is 199 Å². The standard InChI is InChI=1S/C30H31O2P/c1-30(2,3)26-19-11-12-20-27(26)32-29-23(22-31-4)14-13-21-28(29)33(24-15-7-5-8-16-24)25-17-9-6-10-18-25/h5-21H,22H2,1-4H3. The fraction of sp³-hybridized carbons (Fsp3) is 0.200. The molecule has 4 rings (SSSR count). The van der Waals surface area contributed by atoms with Gasteiger partial charge in [-0.05, 0) is 30.0 Å². The summed E-state index contributed by atoms with van der Waals surface area (Å²) >= 11 is 0. The normalized spacial score (nSPS) is 11.5. The fourth-order valence-electron chi connectivity index (χ4n) is 4.00. The van der Waals surface area contributed by atoms with Crippen LogP contribution in [0, 0.1) is 0 Å². The van der Waals surface area contributed by atoms with Crippen LogP contribution in [0.15, 0.2) is 103 Å². The molecular formula is C30H31O2P. The van der Waals surface area contributed by atoms with Crippen LogP contribution in [0.4, 0.5) is 0 Å². The molecule has 0 fully saturated rings. The quantitative estimate of drug-likeness (QED) is 0.290. The monoisotopic (exact) mass is 454 g/mol. The molecule has 0 bridgehead atoms. The molecule has 168 valence electrons. The van der Waals surface area contributed by atoms with Gasteiger partial charge in [0.2, 0.25) is 0 Å². The molecule has 0 aromatic heterocycles. The molecule has 0 amide bonds. The molecule has 0 saturated carbocycles. The van der Waals surface area contributed by atoms with Gasteiger partial charge in [-0.25, -0.2) is 0 Å². The lowest BCUT2D eigenvalue weighted by atomic mass is 9.86. The molecule has 4 aromatic carbocycles. The topological polar surface area (TPSA) is 18.5 Å². The highest BCUT2D eigenvalue weighted by Crippen LogP contribution is 2.41. The summed E-state index contributed by atoms with van der Waals surface area (Å²) in [6.45, 7) is 7.15. The molecule has 0 aliphatic carbocycles. The predicted octanol–water partition coefficient (Wildman–Crippen LogP) is 6.68. The van der Waals surface area contributed by atoms with Crippen molar-refractivity contribution in [3.63, 3.8) is 0 Å². The zero-order chi connectivity index (χ0) is 23.3. The minimum Gasteiger partial charge on any atom is -0.456 e. The summed E-state index contributed by atoms with van der Waals surface area (Å²) in [5.74, 6) is 1.79. The van der Waals surface area contributed by atoms with E-state index in [4.69, 9.17) is 9.47 Å². The number of benzene rings is 4. The van der Waals surface area contributed by atoms with Gasteiger partial charge in [0.15, 0.2) is 0 Å². The molecule has 0 spiro atoms. The van der Waals surface area contributed by atoms with E-state index in [2.05, 4.69) is 118 Å². The third-order valence-corrected chi connectivity index (χ3v) is 8.02. The van der Waals surface area contributed by atoms with Gasteiger partial charge in [0.25, 0.3) is 0 Å². The van der Waals surface area contributed by atoms with Crippen LogP contribution >= 0.6 is 7.92 Å². The second kappa shape index (κ2) is 10.3. The largest absolute Gasteiger partial charge is 0.456 e. The van der Waals surface area contributed by atoms with Gasteiger partial charge in [-0.15, -0.1) is 0 Å². The summed E-state index contributed by atoms with van der Waals surface area (Å²) in [5, 5.41) is 3.78. The Balaban J connectivity index is 1.92. The van der Waals surface area contributed by atoms with Crippen molar-refractivity contribution in [2.45, 2.75) is 32.8 Å². The van der Waals surface area contributed by atoms with Crippen molar-refractivity contribution in [3.05, 3.63) is 114 Å². The summed E-state index contributed by atoms with van der Waals surface area (Å²) < 4.78 is 12.4. The summed E-state index contributed by atoms with van der Waals surface area (Å²) in [7, 11) is 0.925. The van der Waals surface area contributed by atoms with Crippen molar-refractivity contribution in [2.75, 3.05) is 7.11 Å². The van der Waals surface area contributed by atoms with Gasteiger partial charge in [-0.3, -0.25) is 0 Å². The first kappa shape index (κ1) is 23.2. The van der Waals surface area contributed by atoms with Crippen LogP contribution in [0.3, 0.4) is 0 Å². The first-order valence-corrected chi connectivity index (χ1v) is 12.6. The highest BCUT2D eigenvalue weighted by Gasteiger charge is 2.25. The smallest absolute Gasteiger partial charge is 0.141 e. The zero-order valence-corrected chi connectivity index (χ0v) is 20.7. The van der Waals surface area contributed by atoms with E-state index in [-0.39, 0.29) is 5.41 Å². The molecule has 33 heavy (non-hydrogen) atoms. The molecule has 2 nitrogen and oxygen atoms in total. The van der Waals surface area contributed by atoms with Gasteiger partial charge in [0, 0.05) is 23.5 Å². The molecule has 0 heterocycles. The maximum atomic E-state index is 6.81. The van der Waals surface area contributed by atoms with Gasteiger partial charge < -0.3 is 9.47 Å². The molecule has 4 aromatic rings. The fourth-order valence-corrected chi connectivity index (χ4v) is 6.42. The molecule has 3 heteroatoms. The van der Waals surface area contributed by atoms with E-state index in [0.29, 0.717) is 6.61 Å². The van der Waals surface area contributed by atoms with Crippen LogP contribution in [-0.2, 0) is 16.8 Å². The maximum Gasteiger partial charge on any atom is 0.141 e. The van der Waals surface area contributed by atoms with Crippen molar-refractivity contribution in [1.29, 1.82) is 0 Å². The second-order valence-electron chi connectivity index (χ2n) is 9.05. The van der Waals surface area contributed by atoms with E-state index in [9.17, 15) is 0 Å². The molecule has 0 saturated heterocycles. The number of para-hydroxylation sites is 2. The van der Waals surface area contributed by atoms with Crippen LogP contribution in [0.5, 0.6) is 11.5 Å². The van der Waals surface area contributed by atoms with Crippen LogP contribution in [0.2, 0.25) is 0 Å². The predicted molar refractivity (Wildman–Crippen MR) is 141 cm³/mol. The maximum absolute atomic E-state index is 6.81. The van der Waals surface area contributed by atoms with Crippen LogP contribution in [0.1, 0.15) is 31.9 Å². The summed E-state index contributed by atoms with van der Waals surface area (Å²) in [4.78, 5) is 0. The lowest BCUT2D eigenvalue weighted by molar-refractivity contribution is 0.182. The molecule has 0 N–H and O–H groups in total. The average Bonchev–Trinajstić information content (AvgIpc) is 2.82. The SMILES string of the molecule is COCc1cccc(P(c2ccccc2)c2ccccc2)c1Oc1ccccc1C(C)(C)C. The lowest BCUT2D eigenvalue weighted by Gasteiger charge is -2.26. The second-order valence-corrected chi connectivity index (χ2v) is 11.2. The van der Waals surface area contributed by atoms with E-state index >= 15 is 0 Å². The van der Waals surface area contributed by atoms with E-state index in [1.54, 1.807) is 7.11 Å². The van der Waals surface area contributed by atoms with Gasteiger partial charge >= 0.3 is 0 Å². The Hall–Kier alpha value is -2.93. The van der Waals surface area contributed by atoms with Crippen LogP contribution < -0.4 is 20.7 Å². The van der Waals surface area contributed by atoms with Crippen LogP contribution in [-0.4, -0.2) is 7.11 Å². The van der Waals surface area contributed by atoms with E-state index in [1.165, 1.54) is 21.5 Å². The van der Waals surface area contributed by atoms with Crippen LogP contribution in [0.25, 0.3) is 0 Å². The Bertz CT molecular complexity index is 1140. The minimum absolute atomic E-state index is 0.0312. The average molecular weight is 455 g/mol. The molecule has 0 radical (unpaired) electrons. The number of ether oxygens (including phenoxy) is 2. The van der Waals surface area contributed by atoms with Crippen molar-refractivity contribution < 1.29 is 9.47 Å². The van der Waals surface area contributed by atoms with Crippen molar-refractivity contribution in [1.82, 2.24) is 0 Å². The lowest BCUT2D eigenvalue weighted by Crippen LogP contribution is -2.23. The van der Waals surface area contributed by atoms with E-state index in [0.717, 1.165) is 17.1 Å². The highest BCUT2D eigenvalue weighted by atomic mass is 31.1. The Morgan fingerprint density at radius 1 is 0.667 bits per heavy atom. The third kappa shape index (κ3) is 5.36. The Kier molecular flexibility index (Phi) is 7.28. The first-order valence-electron chi connectivity index (χ1n) is 11.3. The molecular weight excluding hydrogens is 423 g/mol. The highest BCUT2D eigenvalue weighted by molar-refractivity contribution is 7.80. The van der Waals surface area contributed by atoms with Gasteiger partial charge in [0.1, 0.15) is 11.5 Å². The van der Waals surface area contributed by atoms with Crippen molar-refractivity contribution >= 4 is 23.8 Å². The number of hydrogen-bond acceptors (Lipinski definition) is 2.